The molecule has 0 saturated heterocycles. The second-order valence-corrected chi connectivity index (χ2v) is 4.87. The van der Waals surface area contributed by atoms with Gasteiger partial charge in [-0.3, -0.25) is 4.79 Å². The molecule has 0 aliphatic heterocycles. The van der Waals surface area contributed by atoms with E-state index in [2.05, 4.69) is 5.32 Å². The first-order valence-electron chi connectivity index (χ1n) is 6.65. The van der Waals surface area contributed by atoms with Crippen molar-refractivity contribution in [2.75, 3.05) is 12.3 Å². The first-order chi connectivity index (χ1) is 10.1. The second-order valence-electron chi connectivity index (χ2n) is 4.46. The van der Waals surface area contributed by atoms with Gasteiger partial charge in [0, 0.05) is 17.1 Å². The molecule has 2 rings (SSSR count). The van der Waals surface area contributed by atoms with Gasteiger partial charge in [-0.2, -0.15) is 0 Å². The zero-order valence-corrected chi connectivity index (χ0v) is 12.5. The molecule has 4 nitrogen and oxygen atoms in total. The molecule has 2 aromatic carbocycles. The van der Waals surface area contributed by atoms with E-state index in [0.717, 1.165) is 5.56 Å². The molecule has 0 aliphatic carbocycles. The third-order valence-electron chi connectivity index (χ3n) is 2.97. The van der Waals surface area contributed by atoms with Crippen LogP contribution in [0.5, 0.6) is 5.75 Å². The molecular weight excluding hydrogens is 288 g/mol. The standard InChI is InChI=1S/C16H17ClN2O2/c1-2-21-15-9-11(7-8-14(15)18)16(20)19-10-12-5-3-4-6-13(12)17/h3-9H,2,10,18H2,1H3,(H,19,20). The lowest BCUT2D eigenvalue weighted by Crippen LogP contribution is -2.23. The molecule has 0 bridgehead atoms. The molecule has 0 aliphatic rings. The Morgan fingerprint density at radius 1 is 1.29 bits per heavy atom. The number of benzene rings is 2. The van der Waals surface area contributed by atoms with Crippen molar-refractivity contribution in [2.45, 2.75) is 13.5 Å². The van der Waals surface area contributed by atoms with Crippen LogP contribution < -0.4 is 15.8 Å². The Morgan fingerprint density at radius 2 is 2.05 bits per heavy atom. The highest BCUT2D eigenvalue weighted by Crippen LogP contribution is 2.23. The van der Waals surface area contributed by atoms with Crippen LogP contribution in [0.15, 0.2) is 42.5 Å². The largest absolute Gasteiger partial charge is 0.492 e. The zero-order valence-electron chi connectivity index (χ0n) is 11.7. The van der Waals surface area contributed by atoms with E-state index >= 15 is 0 Å². The van der Waals surface area contributed by atoms with Crippen molar-refractivity contribution in [3.63, 3.8) is 0 Å². The quantitative estimate of drug-likeness (QED) is 0.833. The molecule has 21 heavy (non-hydrogen) atoms. The molecule has 2 aromatic rings. The van der Waals surface area contributed by atoms with Gasteiger partial charge in [-0.1, -0.05) is 29.8 Å². The van der Waals surface area contributed by atoms with Crippen LogP contribution in [0.3, 0.4) is 0 Å². The molecule has 0 spiro atoms. The summed E-state index contributed by atoms with van der Waals surface area (Å²) in [6.07, 6.45) is 0. The Kier molecular flexibility index (Phi) is 5.06. The Bertz CT molecular complexity index is 644. The normalized spacial score (nSPS) is 10.2. The smallest absolute Gasteiger partial charge is 0.251 e. The number of halogens is 1. The van der Waals surface area contributed by atoms with Crippen molar-refractivity contribution in [3.05, 3.63) is 58.6 Å². The average Bonchev–Trinajstić information content (AvgIpc) is 2.48. The van der Waals surface area contributed by atoms with Gasteiger partial charge >= 0.3 is 0 Å². The van der Waals surface area contributed by atoms with Gasteiger partial charge in [-0.25, -0.2) is 0 Å². The second kappa shape index (κ2) is 6.99. The first kappa shape index (κ1) is 15.2. The van der Waals surface area contributed by atoms with Crippen LogP contribution in [-0.2, 0) is 6.54 Å². The number of carbonyl (C=O) groups is 1. The Balaban J connectivity index is 2.07. The number of carbonyl (C=O) groups excluding carboxylic acids is 1. The molecule has 0 atom stereocenters. The van der Waals surface area contributed by atoms with Crippen molar-refractivity contribution in [2.24, 2.45) is 0 Å². The van der Waals surface area contributed by atoms with Crippen molar-refractivity contribution in [1.82, 2.24) is 5.32 Å². The lowest BCUT2D eigenvalue weighted by Gasteiger charge is -2.10. The van der Waals surface area contributed by atoms with Gasteiger partial charge in [-0.15, -0.1) is 0 Å². The molecule has 0 radical (unpaired) electrons. The topological polar surface area (TPSA) is 64.3 Å². The van der Waals surface area contributed by atoms with E-state index in [1.165, 1.54) is 0 Å². The van der Waals surface area contributed by atoms with Crippen LogP contribution in [0.4, 0.5) is 5.69 Å². The van der Waals surface area contributed by atoms with Gasteiger partial charge < -0.3 is 15.8 Å². The van der Waals surface area contributed by atoms with E-state index in [1.807, 2.05) is 25.1 Å². The minimum atomic E-state index is -0.198. The highest BCUT2D eigenvalue weighted by molar-refractivity contribution is 6.31. The fourth-order valence-corrected chi connectivity index (χ4v) is 2.08. The summed E-state index contributed by atoms with van der Waals surface area (Å²) in [7, 11) is 0. The van der Waals surface area contributed by atoms with Crippen LogP contribution in [0, 0.1) is 0 Å². The van der Waals surface area contributed by atoms with Gasteiger partial charge in [0.05, 0.1) is 12.3 Å². The number of amides is 1. The minimum Gasteiger partial charge on any atom is -0.492 e. The highest BCUT2D eigenvalue weighted by Gasteiger charge is 2.09. The predicted molar refractivity (Wildman–Crippen MR) is 84.6 cm³/mol. The Hall–Kier alpha value is -2.20. The summed E-state index contributed by atoms with van der Waals surface area (Å²) in [5.41, 5.74) is 7.67. The molecular formula is C16H17ClN2O2. The summed E-state index contributed by atoms with van der Waals surface area (Å²) in [4.78, 5) is 12.1. The number of hydrogen-bond donors (Lipinski definition) is 2. The van der Waals surface area contributed by atoms with E-state index in [-0.39, 0.29) is 5.91 Å². The summed E-state index contributed by atoms with van der Waals surface area (Å²) in [6.45, 7) is 2.73. The number of nitrogens with two attached hydrogens (primary N) is 1. The SMILES string of the molecule is CCOc1cc(C(=O)NCc2ccccc2Cl)ccc1N. The molecule has 0 unspecified atom stereocenters. The summed E-state index contributed by atoms with van der Waals surface area (Å²) in [5.74, 6) is 0.318. The van der Waals surface area contributed by atoms with E-state index < -0.39 is 0 Å². The van der Waals surface area contributed by atoms with E-state index in [0.29, 0.717) is 35.2 Å². The van der Waals surface area contributed by atoms with Gasteiger partial charge in [-0.05, 0) is 36.8 Å². The van der Waals surface area contributed by atoms with Gasteiger partial charge in [0.1, 0.15) is 5.75 Å². The van der Waals surface area contributed by atoms with Crippen molar-refractivity contribution in [3.8, 4) is 5.75 Å². The lowest BCUT2D eigenvalue weighted by molar-refractivity contribution is 0.0950. The van der Waals surface area contributed by atoms with Crippen LogP contribution >= 0.6 is 11.6 Å². The average molecular weight is 305 g/mol. The van der Waals surface area contributed by atoms with Crippen molar-refractivity contribution < 1.29 is 9.53 Å². The minimum absolute atomic E-state index is 0.198. The van der Waals surface area contributed by atoms with E-state index in [9.17, 15) is 4.79 Å². The predicted octanol–water partition coefficient (Wildman–Crippen LogP) is 3.25. The molecule has 110 valence electrons. The number of ether oxygens (including phenoxy) is 1. The molecule has 0 aromatic heterocycles. The van der Waals surface area contributed by atoms with Gasteiger partial charge in [0.2, 0.25) is 0 Å². The monoisotopic (exact) mass is 304 g/mol. The number of nitrogen functional groups attached to an aromatic ring is 1. The maximum absolute atomic E-state index is 12.1. The number of nitrogens with one attached hydrogen (secondary N) is 1. The van der Waals surface area contributed by atoms with Crippen LogP contribution in [0.25, 0.3) is 0 Å². The van der Waals surface area contributed by atoms with Gasteiger partial charge in [0.25, 0.3) is 5.91 Å². The molecule has 3 N–H and O–H groups in total. The van der Waals surface area contributed by atoms with Crippen LogP contribution in [0.2, 0.25) is 5.02 Å². The fourth-order valence-electron chi connectivity index (χ4n) is 1.88. The highest BCUT2D eigenvalue weighted by atomic mass is 35.5. The third kappa shape index (κ3) is 3.89. The first-order valence-corrected chi connectivity index (χ1v) is 7.03. The van der Waals surface area contributed by atoms with Crippen molar-refractivity contribution in [1.29, 1.82) is 0 Å². The summed E-state index contributed by atoms with van der Waals surface area (Å²) >= 11 is 6.05. The molecule has 0 fully saturated rings. The number of rotatable bonds is 5. The van der Waals surface area contributed by atoms with Crippen LogP contribution in [-0.4, -0.2) is 12.5 Å². The van der Waals surface area contributed by atoms with E-state index in [4.69, 9.17) is 22.1 Å². The molecule has 0 heterocycles. The summed E-state index contributed by atoms with van der Waals surface area (Å²) in [6, 6.07) is 12.4. The number of hydrogen-bond acceptors (Lipinski definition) is 3. The van der Waals surface area contributed by atoms with Gasteiger partial charge in [0.15, 0.2) is 0 Å². The lowest BCUT2D eigenvalue weighted by atomic mass is 10.1. The third-order valence-corrected chi connectivity index (χ3v) is 3.34. The fraction of sp³-hybridized carbons (Fsp3) is 0.188. The summed E-state index contributed by atoms with van der Waals surface area (Å²) in [5, 5.41) is 3.45. The van der Waals surface area contributed by atoms with Crippen molar-refractivity contribution >= 4 is 23.2 Å². The Morgan fingerprint density at radius 3 is 2.76 bits per heavy atom. The maximum Gasteiger partial charge on any atom is 0.251 e. The molecule has 0 saturated carbocycles. The zero-order chi connectivity index (χ0) is 15.2. The maximum atomic E-state index is 12.1. The Labute approximate surface area is 128 Å². The summed E-state index contributed by atoms with van der Waals surface area (Å²) < 4.78 is 5.38. The number of anilines is 1. The molecule has 1 amide bonds. The van der Waals surface area contributed by atoms with Crippen LogP contribution in [0.1, 0.15) is 22.8 Å². The van der Waals surface area contributed by atoms with E-state index in [1.54, 1.807) is 24.3 Å². The molecule has 5 heteroatoms.